The first kappa shape index (κ1) is 21.6. The Labute approximate surface area is 172 Å². The lowest BCUT2D eigenvalue weighted by atomic mass is 9.88. The van der Waals surface area contributed by atoms with Crippen molar-refractivity contribution in [2.75, 3.05) is 29.6 Å². The van der Waals surface area contributed by atoms with Gasteiger partial charge in [-0.3, -0.25) is 9.59 Å². The first-order chi connectivity index (χ1) is 13.8. The lowest BCUT2D eigenvalue weighted by molar-refractivity contribution is -0.117. The van der Waals surface area contributed by atoms with Gasteiger partial charge in [0.25, 0.3) is 0 Å². The summed E-state index contributed by atoms with van der Waals surface area (Å²) in [6.07, 6.45) is 4.89. The van der Waals surface area contributed by atoms with Gasteiger partial charge in [-0.05, 0) is 50.2 Å². The molecule has 1 aromatic carbocycles. The standard InChI is InChI=1S/C20H29N3O5S/c1-14-5-7-15(8-6-14)22-29(26,27)13-19(24)21-16-9-10-17(18(12-16)28-2)23-11-3-4-20(23)25/h9-10,12,14-15,22H,3-8,11,13H2,1-2H3,(H,21,24). The average molecular weight is 424 g/mol. The summed E-state index contributed by atoms with van der Waals surface area (Å²) in [5.74, 6) is -0.139. The van der Waals surface area contributed by atoms with Gasteiger partial charge in [0, 0.05) is 30.8 Å². The lowest BCUT2D eigenvalue weighted by Gasteiger charge is -2.26. The predicted octanol–water partition coefficient (Wildman–Crippen LogP) is 2.26. The molecule has 1 heterocycles. The maximum atomic E-state index is 12.3. The largest absolute Gasteiger partial charge is 0.494 e. The van der Waals surface area contributed by atoms with Gasteiger partial charge in [0.2, 0.25) is 21.8 Å². The minimum Gasteiger partial charge on any atom is -0.494 e. The van der Waals surface area contributed by atoms with Gasteiger partial charge >= 0.3 is 0 Å². The summed E-state index contributed by atoms with van der Waals surface area (Å²) < 4.78 is 32.7. The van der Waals surface area contributed by atoms with Crippen molar-refractivity contribution in [3.05, 3.63) is 18.2 Å². The first-order valence-corrected chi connectivity index (χ1v) is 11.7. The minimum atomic E-state index is -3.71. The van der Waals surface area contributed by atoms with Crippen molar-refractivity contribution in [3.8, 4) is 5.75 Å². The van der Waals surface area contributed by atoms with E-state index in [2.05, 4.69) is 17.0 Å². The molecule has 8 nitrogen and oxygen atoms in total. The number of rotatable bonds is 7. The summed E-state index contributed by atoms with van der Waals surface area (Å²) in [6.45, 7) is 2.79. The van der Waals surface area contributed by atoms with E-state index in [1.165, 1.54) is 7.11 Å². The van der Waals surface area contributed by atoms with Gasteiger partial charge in [0.15, 0.2) is 0 Å². The quantitative estimate of drug-likeness (QED) is 0.700. The summed E-state index contributed by atoms with van der Waals surface area (Å²) in [7, 11) is -2.22. The summed E-state index contributed by atoms with van der Waals surface area (Å²) in [6, 6.07) is 4.85. The van der Waals surface area contributed by atoms with E-state index in [-0.39, 0.29) is 11.9 Å². The monoisotopic (exact) mass is 423 g/mol. The second-order valence-electron chi connectivity index (χ2n) is 7.92. The molecule has 0 atom stereocenters. The number of methoxy groups -OCH3 is 1. The SMILES string of the molecule is COc1cc(NC(=O)CS(=O)(=O)NC2CCC(C)CC2)ccc1N1CCCC1=O. The van der Waals surface area contributed by atoms with E-state index in [1.54, 1.807) is 23.1 Å². The molecule has 2 N–H and O–H groups in total. The van der Waals surface area contributed by atoms with Crippen LogP contribution in [-0.4, -0.2) is 45.7 Å². The third-order valence-electron chi connectivity index (χ3n) is 5.51. The number of carbonyl (C=O) groups excluding carboxylic acids is 2. The molecule has 1 aromatic rings. The van der Waals surface area contributed by atoms with Gasteiger partial charge < -0.3 is 15.0 Å². The molecule has 9 heteroatoms. The highest BCUT2D eigenvalue weighted by atomic mass is 32.2. The fourth-order valence-electron chi connectivity index (χ4n) is 3.92. The highest BCUT2D eigenvalue weighted by molar-refractivity contribution is 7.90. The van der Waals surface area contributed by atoms with E-state index in [0.717, 1.165) is 32.1 Å². The molecule has 0 radical (unpaired) electrons. The molecule has 0 unspecified atom stereocenters. The third kappa shape index (κ3) is 5.70. The van der Waals surface area contributed by atoms with E-state index >= 15 is 0 Å². The molecule has 0 bridgehead atoms. The molecule has 0 spiro atoms. The maximum absolute atomic E-state index is 12.3. The van der Waals surface area contributed by atoms with Crippen LogP contribution in [0, 0.1) is 5.92 Å². The van der Waals surface area contributed by atoms with Gasteiger partial charge in [-0.15, -0.1) is 0 Å². The second kappa shape index (κ2) is 9.13. The van der Waals surface area contributed by atoms with Gasteiger partial charge in [0.05, 0.1) is 12.8 Å². The molecule has 1 saturated heterocycles. The van der Waals surface area contributed by atoms with Gasteiger partial charge in [0.1, 0.15) is 11.5 Å². The van der Waals surface area contributed by atoms with Crippen LogP contribution >= 0.6 is 0 Å². The number of carbonyl (C=O) groups is 2. The molecule has 3 rings (SSSR count). The molecular formula is C20H29N3O5S. The van der Waals surface area contributed by atoms with E-state index in [4.69, 9.17) is 4.74 Å². The normalized spacial score (nSPS) is 22.6. The molecule has 1 saturated carbocycles. The van der Waals surface area contributed by atoms with Crippen molar-refractivity contribution >= 4 is 33.2 Å². The maximum Gasteiger partial charge on any atom is 0.240 e. The van der Waals surface area contributed by atoms with Gasteiger partial charge in [-0.25, -0.2) is 13.1 Å². The number of sulfonamides is 1. The number of nitrogens with one attached hydrogen (secondary N) is 2. The summed E-state index contributed by atoms with van der Waals surface area (Å²) in [5, 5.41) is 2.60. The van der Waals surface area contributed by atoms with Crippen molar-refractivity contribution in [2.24, 2.45) is 5.92 Å². The van der Waals surface area contributed by atoms with Crippen LogP contribution in [-0.2, 0) is 19.6 Å². The minimum absolute atomic E-state index is 0.0364. The second-order valence-corrected chi connectivity index (χ2v) is 9.67. The molecule has 1 aliphatic carbocycles. The number of hydrogen-bond acceptors (Lipinski definition) is 5. The van der Waals surface area contributed by atoms with Gasteiger partial charge in [-0.1, -0.05) is 6.92 Å². The van der Waals surface area contributed by atoms with Crippen LogP contribution in [0.4, 0.5) is 11.4 Å². The van der Waals surface area contributed by atoms with Crippen LogP contribution in [0.5, 0.6) is 5.75 Å². The molecule has 2 aliphatic rings. The fraction of sp³-hybridized carbons (Fsp3) is 0.600. The molecule has 0 aromatic heterocycles. The highest BCUT2D eigenvalue weighted by Gasteiger charge is 2.26. The first-order valence-electron chi connectivity index (χ1n) is 10.1. The van der Waals surface area contributed by atoms with E-state index < -0.39 is 21.7 Å². The van der Waals surface area contributed by atoms with Crippen LogP contribution in [0.15, 0.2) is 18.2 Å². The fourth-order valence-corrected chi connectivity index (χ4v) is 5.17. The smallest absolute Gasteiger partial charge is 0.240 e. The Bertz CT molecular complexity index is 863. The summed E-state index contributed by atoms with van der Waals surface area (Å²) in [5.41, 5.74) is 1.07. The molecule has 1 aliphatic heterocycles. The van der Waals surface area contributed by atoms with Crippen LogP contribution in [0.2, 0.25) is 0 Å². The molecular weight excluding hydrogens is 394 g/mol. The zero-order valence-electron chi connectivity index (χ0n) is 16.9. The van der Waals surface area contributed by atoms with E-state index in [0.29, 0.717) is 36.0 Å². The number of anilines is 2. The zero-order valence-corrected chi connectivity index (χ0v) is 17.8. The van der Waals surface area contributed by atoms with E-state index in [1.807, 2.05) is 0 Å². The molecule has 29 heavy (non-hydrogen) atoms. The highest BCUT2D eigenvalue weighted by Crippen LogP contribution is 2.33. The average Bonchev–Trinajstić information content (AvgIpc) is 3.08. The number of benzene rings is 1. The van der Waals surface area contributed by atoms with Crippen molar-refractivity contribution in [2.45, 2.75) is 51.5 Å². The Morgan fingerprint density at radius 1 is 1.24 bits per heavy atom. The van der Waals surface area contributed by atoms with Crippen molar-refractivity contribution in [1.82, 2.24) is 4.72 Å². The molecule has 160 valence electrons. The topological polar surface area (TPSA) is 105 Å². The van der Waals surface area contributed by atoms with Gasteiger partial charge in [-0.2, -0.15) is 0 Å². The summed E-state index contributed by atoms with van der Waals surface area (Å²) in [4.78, 5) is 25.9. The lowest BCUT2D eigenvalue weighted by Crippen LogP contribution is -2.41. The number of amides is 2. The number of nitrogens with zero attached hydrogens (tertiary/aromatic N) is 1. The summed E-state index contributed by atoms with van der Waals surface area (Å²) >= 11 is 0. The van der Waals surface area contributed by atoms with Crippen LogP contribution in [0.3, 0.4) is 0 Å². The van der Waals surface area contributed by atoms with Crippen molar-refractivity contribution < 1.29 is 22.7 Å². The van der Waals surface area contributed by atoms with Crippen LogP contribution in [0.25, 0.3) is 0 Å². The Balaban J connectivity index is 1.60. The Morgan fingerprint density at radius 3 is 2.59 bits per heavy atom. The molecule has 2 amide bonds. The Hall–Kier alpha value is -2.13. The van der Waals surface area contributed by atoms with Crippen LogP contribution < -0.4 is 19.7 Å². The Kier molecular flexibility index (Phi) is 6.79. The van der Waals surface area contributed by atoms with Crippen molar-refractivity contribution in [1.29, 1.82) is 0 Å². The number of ether oxygens (including phenoxy) is 1. The zero-order chi connectivity index (χ0) is 21.0. The predicted molar refractivity (Wildman–Crippen MR) is 112 cm³/mol. The number of hydrogen-bond donors (Lipinski definition) is 2. The molecule has 2 fully saturated rings. The van der Waals surface area contributed by atoms with Crippen LogP contribution in [0.1, 0.15) is 45.4 Å². The Morgan fingerprint density at radius 2 is 1.97 bits per heavy atom. The van der Waals surface area contributed by atoms with Crippen molar-refractivity contribution in [3.63, 3.8) is 0 Å². The van der Waals surface area contributed by atoms with E-state index in [9.17, 15) is 18.0 Å². The third-order valence-corrected chi connectivity index (χ3v) is 6.85.